The number of hydrazone groups is 1. The van der Waals surface area contributed by atoms with Gasteiger partial charge in [-0.1, -0.05) is 46.3 Å². The third kappa shape index (κ3) is 3.18. The van der Waals surface area contributed by atoms with Crippen molar-refractivity contribution in [2.75, 3.05) is 9.91 Å². The Kier molecular flexibility index (Phi) is 4.82. The van der Waals surface area contributed by atoms with E-state index in [2.05, 4.69) is 21.0 Å². The molecule has 9 heteroatoms. The fourth-order valence-corrected chi connectivity index (χ4v) is 4.31. The lowest BCUT2D eigenvalue weighted by molar-refractivity contribution is -0.384. The lowest BCUT2D eigenvalue weighted by atomic mass is 9.93. The molecule has 1 saturated heterocycles. The summed E-state index contributed by atoms with van der Waals surface area (Å²) >= 11 is 3.37. The molecule has 2 amide bonds. The van der Waals surface area contributed by atoms with Gasteiger partial charge in [-0.3, -0.25) is 24.7 Å². The van der Waals surface area contributed by atoms with E-state index in [0.29, 0.717) is 17.1 Å². The van der Waals surface area contributed by atoms with Crippen molar-refractivity contribution in [1.82, 2.24) is 0 Å². The van der Waals surface area contributed by atoms with E-state index in [9.17, 15) is 19.7 Å². The van der Waals surface area contributed by atoms with E-state index in [-0.39, 0.29) is 11.6 Å². The van der Waals surface area contributed by atoms with Crippen molar-refractivity contribution in [2.45, 2.75) is 6.04 Å². The number of nitro groups is 1. The van der Waals surface area contributed by atoms with E-state index in [1.807, 2.05) is 30.3 Å². The van der Waals surface area contributed by atoms with Gasteiger partial charge in [-0.25, -0.2) is 4.90 Å². The monoisotopic (exact) mass is 490 g/mol. The lowest BCUT2D eigenvalue weighted by Gasteiger charge is -2.22. The highest BCUT2D eigenvalue weighted by Crippen LogP contribution is 2.39. The van der Waals surface area contributed by atoms with Crippen LogP contribution in [-0.4, -0.2) is 28.5 Å². The fraction of sp³-hybridized carbons (Fsp3) is 0.0870. The van der Waals surface area contributed by atoms with Gasteiger partial charge in [0.25, 0.3) is 11.6 Å². The zero-order valence-electron chi connectivity index (χ0n) is 16.5. The van der Waals surface area contributed by atoms with Crippen LogP contribution in [0.25, 0.3) is 0 Å². The van der Waals surface area contributed by atoms with Crippen LogP contribution in [-0.2, 0) is 9.59 Å². The normalized spacial score (nSPS) is 19.8. The van der Waals surface area contributed by atoms with Gasteiger partial charge in [0.1, 0.15) is 12.0 Å². The zero-order valence-corrected chi connectivity index (χ0v) is 18.0. The number of amides is 2. The number of fused-ring (bicyclic) bond motifs is 1. The Balaban J connectivity index is 1.61. The standard InChI is InChI=1S/C23H15BrN4O4/c24-15-6-8-16(9-7-15)26-22(29)19-20(14-4-2-1-3-5-14)25-27(21(19)23(26)30)17-10-12-18(13-11-17)28(31)32/h1-13,19,21H/t19-,21+/m1/s1. The molecule has 1 fully saturated rings. The maximum Gasteiger partial charge on any atom is 0.269 e. The van der Waals surface area contributed by atoms with E-state index < -0.39 is 22.8 Å². The maximum absolute atomic E-state index is 13.5. The predicted molar refractivity (Wildman–Crippen MR) is 122 cm³/mol. The van der Waals surface area contributed by atoms with Crippen LogP contribution < -0.4 is 9.91 Å². The van der Waals surface area contributed by atoms with E-state index in [0.717, 1.165) is 10.0 Å². The molecule has 2 aliphatic heterocycles. The first-order chi connectivity index (χ1) is 15.5. The molecule has 0 aliphatic carbocycles. The highest BCUT2D eigenvalue weighted by Gasteiger charge is 2.57. The van der Waals surface area contributed by atoms with Crippen LogP contribution in [0, 0.1) is 16.0 Å². The molecule has 0 radical (unpaired) electrons. The van der Waals surface area contributed by atoms with Crippen LogP contribution >= 0.6 is 15.9 Å². The van der Waals surface area contributed by atoms with Gasteiger partial charge in [0, 0.05) is 16.6 Å². The van der Waals surface area contributed by atoms with Crippen LogP contribution in [0.5, 0.6) is 0 Å². The molecule has 158 valence electrons. The molecule has 0 saturated carbocycles. The first kappa shape index (κ1) is 20.1. The number of anilines is 2. The van der Waals surface area contributed by atoms with E-state index in [4.69, 9.17) is 0 Å². The zero-order chi connectivity index (χ0) is 22.4. The summed E-state index contributed by atoms with van der Waals surface area (Å²) in [4.78, 5) is 38.7. The number of carbonyl (C=O) groups excluding carboxylic acids is 2. The Morgan fingerprint density at radius 3 is 2.09 bits per heavy atom. The second-order valence-corrected chi connectivity index (χ2v) is 8.30. The predicted octanol–water partition coefficient (Wildman–Crippen LogP) is 4.14. The second-order valence-electron chi connectivity index (χ2n) is 7.38. The summed E-state index contributed by atoms with van der Waals surface area (Å²) in [5, 5.41) is 17.2. The van der Waals surface area contributed by atoms with Crippen molar-refractivity contribution in [1.29, 1.82) is 0 Å². The minimum absolute atomic E-state index is 0.0675. The van der Waals surface area contributed by atoms with Gasteiger partial charge in [-0.05, 0) is 42.0 Å². The topological polar surface area (TPSA) is 96.1 Å². The molecular formula is C23H15BrN4O4. The largest absolute Gasteiger partial charge is 0.273 e. The lowest BCUT2D eigenvalue weighted by Crippen LogP contribution is -2.39. The fourth-order valence-electron chi connectivity index (χ4n) is 4.05. The molecule has 3 aromatic rings. The van der Waals surface area contributed by atoms with Gasteiger partial charge in [-0.15, -0.1) is 0 Å². The number of nitro benzene ring substituents is 1. The number of rotatable bonds is 4. The maximum atomic E-state index is 13.5. The molecule has 2 heterocycles. The van der Waals surface area contributed by atoms with Crippen molar-refractivity contribution in [3.63, 3.8) is 0 Å². The average molecular weight is 491 g/mol. The molecule has 0 aromatic heterocycles. The molecule has 0 bridgehead atoms. The third-order valence-corrected chi connectivity index (χ3v) is 6.06. The molecular weight excluding hydrogens is 476 g/mol. The van der Waals surface area contributed by atoms with Crippen LogP contribution in [0.15, 0.2) is 88.4 Å². The van der Waals surface area contributed by atoms with Gasteiger partial charge < -0.3 is 0 Å². The number of hydrogen-bond acceptors (Lipinski definition) is 6. The summed E-state index contributed by atoms with van der Waals surface area (Å²) in [6, 6.07) is 21.1. The minimum Gasteiger partial charge on any atom is -0.273 e. The van der Waals surface area contributed by atoms with Gasteiger partial charge in [0.2, 0.25) is 5.91 Å². The van der Waals surface area contributed by atoms with Gasteiger partial charge in [-0.2, -0.15) is 5.10 Å². The summed E-state index contributed by atoms with van der Waals surface area (Å²) in [5.41, 5.74) is 2.14. The quantitative estimate of drug-likeness (QED) is 0.311. The minimum atomic E-state index is -0.872. The van der Waals surface area contributed by atoms with E-state index in [1.165, 1.54) is 34.2 Å². The van der Waals surface area contributed by atoms with Crippen molar-refractivity contribution < 1.29 is 14.5 Å². The summed E-state index contributed by atoms with van der Waals surface area (Å²) in [6.07, 6.45) is 0. The van der Waals surface area contributed by atoms with Crippen LogP contribution in [0.2, 0.25) is 0 Å². The number of carbonyl (C=O) groups is 2. The SMILES string of the molecule is O=C1[C@@H]2C(c3ccccc3)=NN(c3ccc([N+](=O)[O-])cc3)[C@@H]2C(=O)N1c1ccc(Br)cc1. The average Bonchev–Trinajstić information content (AvgIpc) is 3.32. The Morgan fingerprint density at radius 1 is 0.844 bits per heavy atom. The highest BCUT2D eigenvalue weighted by atomic mass is 79.9. The Morgan fingerprint density at radius 2 is 1.47 bits per heavy atom. The van der Waals surface area contributed by atoms with E-state index >= 15 is 0 Å². The molecule has 3 aromatic carbocycles. The number of imide groups is 1. The molecule has 32 heavy (non-hydrogen) atoms. The summed E-state index contributed by atoms with van der Waals surface area (Å²) in [6.45, 7) is 0. The van der Waals surface area contributed by atoms with Crippen LogP contribution in [0.4, 0.5) is 17.1 Å². The Labute approximate surface area is 191 Å². The number of halogens is 1. The highest BCUT2D eigenvalue weighted by molar-refractivity contribution is 9.10. The van der Waals surface area contributed by atoms with Gasteiger partial charge in [0.15, 0.2) is 0 Å². The number of benzene rings is 3. The Bertz CT molecular complexity index is 1260. The van der Waals surface area contributed by atoms with Crippen molar-refractivity contribution in [2.24, 2.45) is 11.0 Å². The second kappa shape index (κ2) is 7.69. The van der Waals surface area contributed by atoms with E-state index in [1.54, 1.807) is 24.3 Å². The molecule has 0 spiro atoms. The van der Waals surface area contributed by atoms with Crippen LogP contribution in [0.1, 0.15) is 5.56 Å². The molecule has 0 N–H and O–H groups in total. The van der Waals surface area contributed by atoms with Crippen molar-refractivity contribution in [3.8, 4) is 0 Å². The molecule has 5 rings (SSSR count). The van der Waals surface area contributed by atoms with Gasteiger partial charge in [0.05, 0.1) is 22.0 Å². The summed E-state index contributed by atoms with van der Waals surface area (Å²) in [5.74, 6) is -1.53. The van der Waals surface area contributed by atoms with Crippen molar-refractivity contribution in [3.05, 3.63) is 99.0 Å². The Hall–Kier alpha value is -3.85. The third-order valence-electron chi connectivity index (χ3n) is 5.53. The number of hydrogen-bond donors (Lipinski definition) is 0. The van der Waals surface area contributed by atoms with Gasteiger partial charge >= 0.3 is 0 Å². The number of nitrogens with zero attached hydrogens (tertiary/aromatic N) is 4. The first-order valence-corrected chi connectivity index (χ1v) is 10.6. The first-order valence-electron chi connectivity index (χ1n) is 9.76. The molecule has 0 unspecified atom stereocenters. The molecule has 2 aliphatic rings. The summed E-state index contributed by atoms with van der Waals surface area (Å²) in [7, 11) is 0. The summed E-state index contributed by atoms with van der Waals surface area (Å²) < 4.78 is 0.833. The molecule has 8 nitrogen and oxygen atoms in total. The molecule has 2 atom stereocenters. The smallest absolute Gasteiger partial charge is 0.269 e. The van der Waals surface area contributed by atoms with Crippen LogP contribution in [0.3, 0.4) is 0 Å². The number of non-ortho nitro benzene ring substituents is 1. The van der Waals surface area contributed by atoms with Crippen molar-refractivity contribution >= 4 is 50.5 Å².